The second-order valence-electron chi connectivity index (χ2n) is 6.26. The van der Waals surface area contributed by atoms with Crippen LogP contribution in [0.5, 0.6) is 0 Å². The van der Waals surface area contributed by atoms with Gasteiger partial charge < -0.3 is 15.8 Å². The molecule has 3 heterocycles. The number of anilines is 1. The number of aliphatic hydroxyl groups is 1. The van der Waals surface area contributed by atoms with Crippen LogP contribution in [0, 0.1) is 18.8 Å². The lowest BCUT2D eigenvalue weighted by molar-refractivity contribution is 0.113. The molecular formula is C19H17N7O. The van der Waals surface area contributed by atoms with Gasteiger partial charge >= 0.3 is 0 Å². The van der Waals surface area contributed by atoms with Crippen LogP contribution in [0.15, 0.2) is 42.9 Å². The molecule has 0 bridgehead atoms. The lowest BCUT2D eigenvalue weighted by atomic mass is 10.1. The summed E-state index contributed by atoms with van der Waals surface area (Å²) in [6.07, 6.45) is 4.81. The fourth-order valence-electron chi connectivity index (χ4n) is 2.79. The van der Waals surface area contributed by atoms with E-state index in [9.17, 15) is 5.11 Å². The molecular weight excluding hydrogens is 342 g/mol. The molecule has 0 spiro atoms. The molecule has 3 aromatic heterocycles. The number of benzene rings is 1. The average molecular weight is 359 g/mol. The van der Waals surface area contributed by atoms with Gasteiger partial charge in [0.25, 0.3) is 0 Å². The van der Waals surface area contributed by atoms with E-state index in [-0.39, 0.29) is 5.95 Å². The van der Waals surface area contributed by atoms with Gasteiger partial charge in [-0.25, -0.2) is 14.6 Å². The summed E-state index contributed by atoms with van der Waals surface area (Å²) >= 11 is 0. The predicted octanol–water partition coefficient (Wildman–Crippen LogP) is 1.69. The first kappa shape index (κ1) is 16.8. The number of H-pyrrole nitrogens is 1. The van der Waals surface area contributed by atoms with Crippen molar-refractivity contribution in [2.24, 2.45) is 0 Å². The third-order valence-corrected chi connectivity index (χ3v) is 4.15. The number of fused-ring (bicyclic) bond motifs is 1. The van der Waals surface area contributed by atoms with Gasteiger partial charge in [0.1, 0.15) is 0 Å². The number of nitrogens with one attached hydrogen (secondary N) is 1. The Balaban J connectivity index is 1.79. The molecule has 1 aromatic carbocycles. The lowest BCUT2D eigenvalue weighted by Gasteiger charge is -2.12. The van der Waals surface area contributed by atoms with Crippen molar-refractivity contribution in [2.45, 2.75) is 19.4 Å². The summed E-state index contributed by atoms with van der Waals surface area (Å²) in [5, 5.41) is 16.0. The number of hydrogen-bond donors (Lipinski definition) is 3. The van der Waals surface area contributed by atoms with Crippen molar-refractivity contribution in [3.63, 3.8) is 0 Å². The van der Waals surface area contributed by atoms with Crippen molar-refractivity contribution < 1.29 is 5.11 Å². The van der Waals surface area contributed by atoms with E-state index in [4.69, 9.17) is 5.73 Å². The second kappa shape index (κ2) is 6.23. The predicted molar refractivity (Wildman–Crippen MR) is 101 cm³/mol. The number of nitrogens with two attached hydrogens (primary N) is 1. The monoisotopic (exact) mass is 359 g/mol. The molecule has 8 nitrogen and oxygen atoms in total. The van der Waals surface area contributed by atoms with E-state index in [0.29, 0.717) is 11.6 Å². The zero-order valence-electron chi connectivity index (χ0n) is 14.8. The van der Waals surface area contributed by atoms with Crippen molar-refractivity contribution in [1.82, 2.24) is 29.7 Å². The van der Waals surface area contributed by atoms with Crippen LogP contribution >= 0.6 is 0 Å². The van der Waals surface area contributed by atoms with Crippen LogP contribution in [0.25, 0.3) is 16.7 Å². The van der Waals surface area contributed by atoms with Crippen LogP contribution in [0.2, 0.25) is 0 Å². The molecule has 0 amide bonds. The van der Waals surface area contributed by atoms with Crippen LogP contribution in [-0.4, -0.2) is 34.8 Å². The molecule has 4 aromatic rings. The number of imidazole rings is 1. The highest BCUT2D eigenvalue weighted by Crippen LogP contribution is 2.23. The Labute approximate surface area is 155 Å². The molecule has 0 aliphatic heterocycles. The number of aromatic amines is 1. The molecule has 0 aliphatic rings. The van der Waals surface area contributed by atoms with Gasteiger partial charge in [-0.1, -0.05) is 11.8 Å². The van der Waals surface area contributed by atoms with Gasteiger partial charge in [-0.3, -0.25) is 0 Å². The molecule has 4 rings (SSSR count). The van der Waals surface area contributed by atoms with Crippen LogP contribution < -0.4 is 5.73 Å². The molecule has 0 fully saturated rings. The number of aryl methyl sites for hydroxylation is 1. The van der Waals surface area contributed by atoms with Crippen molar-refractivity contribution >= 4 is 16.9 Å². The molecule has 8 heteroatoms. The average Bonchev–Trinajstić information content (AvgIpc) is 3.29. The van der Waals surface area contributed by atoms with Gasteiger partial charge in [0.05, 0.1) is 11.2 Å². The highest BCUT2D eigenvalue weighted by atomic mass is 16.3. The summed E-state index contributed by atoms with van der Waals surface area (Å²) in [6.45, 7) is 3.52. The number of hydrogen-bond acceptors (Lipinski definition) is 6. The third kappa shape index (κ3) is 3.12. The molecule has 0 radical (unpaired) electrons. The van der Waals surface area contributed by atoms with E-state index >= 15 is 0 Å². The smallest absolute Gasteiger partial charge is 0.221 e. The summed E-state index contributed by atoms with van der Waals surface area (Å²) in [5.74, 6) is 7.01. The van der Waals surface area contributed by atoms with E-state index in [1.54, 1.807) is 36.3 Å². The zero-order valence-corrected chi connectivity index (χ0v) is 14.8. The first-order chi connectivity index (χ1) is 12.9. The highest BCUT2D eigenvalue weighted by molar-refractivity contribution is 5.84. The van der Waals surface area contributed by atoms with E-state index in [1.807, 2.05) is 25.1 Å². The maximum absolute atomic E-state index is 10.5. The van der Waals surface area contributed by atoms with E-state index in [0.717, 1.165) is 22.2 Å². The summed E-state index contributed by atoms with van der Waals surface area (Å²) in [5.41, 5.74) is 6.76. The molecule has 0 aliphatic carbocycles. The van der Waals surface area contributed by atoms with Crippen molar-refractivity contribution in [3.05, 3.63) is 59.9 Å². The molecule has 134 valence electrons. The number of rotatable bonds is 2. The molecule has 1 unspecified atom stereocenters. The summed E-state index contributed by atoms with van der Waals surface area (Å²) in [6, 6.07) is 7.48. The SMILES string of the molecule is Cc1nn(-c2ccnc(N)n2)c2cc(C#CC(C)(O)c3ncc[nH]3)ccc12. The third-order valence-electron chi connectivity index (χ3n) is 4.15. The van der Waals surface area contributed by atoms with Crippen molar-refractivity contribution in [3.8, 4) is 17.7 Å². The fraction of sp³-hybridized carbons (Fsp3) is 0.158. The Morgan fingerprint density at radius 1 is 1.22 bits per heavy atom. The standard InChI is InChI=1S/C19H17N7O/c1-12-14-4-3-13(5-7-19(2,27)17-21-9-10-22-17)11-15(14)26(25-12)16-6-8-23-18(20)24-16/h3-4,6,8-11,27H,1-2H3,(H,21,22)(H2,20,23,24). The van der Waals surface area contributed by atoms with Gasteiger partial charge in [-0.15, -0.1) is 0 Å². The van der Waals surface area contributed by atoms with Gasteiger partial charge in [0.15, 0.2) is 17.2 Å². The van der Waals surface area contributed by atoms with Crippen LogP contribution in [-0.2, 0) is 5.60 Å². The minimum atomic E-state index is -1.38. The Hall–Kier alpha value is -3.70. The Morgan fingerprint density at radius 3 is 2.81 bits per heavy atom. The first-order valence-corrected chi connectivity index (χ1v) is 8.28. The Kier molecular flexibility index (Phi) is 3.86. The topological polar surface area (TPSA) is 119 Å². The van der Waals surface area contributed by atoms with E-state index in [2.05, 4.69) is 36.9 Å². The first-order valence-electron chi connectivity index (χ1n) is 8.28. The quantitative estimate of drug-likeness (QED) is 0.469. The molecule has 1 atom stereocenters. The summed E-state index contributed by atoms with van der Waals surface area (Å²) in [4.78, 5) is 15.1. The van der Waals surface area contributed by atoms with Gasteiger partial charge in [0.2, 0.25) is 5.95 Å². The fourth-order valence-corrected chi connectivity index (χ4v) is 2.79. The second-order valence-corrected chi connectivity index (χ2v) is 6.26. The van der Waals surface area contributed by atoms with Crippen molar-refractivity contribution in [2.75, 3.05) is 5.73 Å². The Bertz CT molecular complexity index is 1180. The van der Waals surface area contributed by atoms with Crippen LogP contribution in [0.3, 0.4) is 0 Å². The largest absolute Gasteiger partial charge is 0.371 e. The minimum absolute atomic E-state index is 0.180. The van der Waals surface area contributed by atoms with Crippen LogP contribution in [0.1, 0.15) is 24.0 Å². The van der Waals surface area contributed by atoms with Crippen molar-refractivity contribution in [1.29, 1.82) is 0 Å². The van der Waals surface area contributed by atoms with Crippen LogP contribution in [0.4, 0.5) is 5.95 Å². The molecule has 27 heavy (non-hydrogen) atoms. The zero-order chi connectivity index (χ0) is 19.0. The minimum Gasteiger partial charge on any atom is -0.371 e. The lowest BCUT2D eigenvalue weighted by Crippen LogP contribution is -2.20. The van der Waals surface area contributed by atoms with E-state index < -0.39 is 5.60 Å². The summed E-state index contributed by atoms with van der Waals surface area (Å²) in [7, 11) is 0. The maximum Gasteiger partial charge on any atom is 0.221 e. The maximum atomic E-state index is 10.5. The van der Waals surface area contributed by atoms with Gasteiger partial charge in [0, 0.05) is 35.6 Å². The highest BCUT2D eigenvalue weighted by Gasteiger charge is 2.22. The van der Waals surface area contributed by atoms with E-state index in [1.165, 1.54) is 0 Å². The van der Waals surface area contributed by atoms with Gasteiger partial charge in [-0.2, -0.15) is 10.1 Å². The number of nitrogens with zero attached hydrogens (tertiary/aromatic N) is 5. The summed E-state index contributed by atoms with van der Waals surface area (Å²) < 4.78 is 1.71. The molecule has 0 saturated heterocycles. The molecule has 4 N–H and O–H groups in total. The number of nitrogen functional groups attached to an aromatic ring is 1. The normalized spacial score (nSPS) is 13.1. The molecule has 0 saturated carbocycles. The van der Waals surface area contributed by atoms with Gasteiger partial charge in [-0.05, 0) is 32.0 Å². The number of aromatic nitrogens is 6. The Morgan fingerprint density at radius 2 is 2.07 bits per heavy atom.